The van der Waals surface area contributed by atoms with Gasteiger partial charge in [-0.25, -0.2) is 32.8 Å². The average molecular weight is 682 g/mol. The van der Waals surface area contributed by atoms with Crippen LogP contribution >= 0.6 is 19.2 Å². The molecular formula is C31H26F2N5O7PS. The van der Waals surface area contributed by atoms with E-state index in [0.717, 1.165) is 17.7 Å². The van der Waals surface area contributed by atoms with Crippen molar-refractivity contribution in [2.45, 2.75) is 31.6 Å². The van der Waals surface area contributed by atoms with Crippen LogP contribution in [0.4, 0.5) is 8.78 Å². The molecule has 0 bridgehead atoms. The van der Waals surface area contributed by atoms with Crippen molar-refractivity contribution in [2.75, 3.05) is 6.79 Å². The zero-order chi connectivity index (χ0) is 33.6. The number of hydrogen-bond donors (Lipinski definition) is 2. The van der Waals surface area contributed by atoms with Crippen LogP contribution < -0.4 is 0 Å². The first-order chi connectivity index (χ1) is 22.5. The second kappa shape index (κ2) is 14.4. The van der Waals surface area contributed by atoms with Gasteiger partial charge in [-0.15, -0.1) is 11.3 Å². The van der Waals surface area contributed by atoms with Crippen molar-refractivity contribution in [1.29, 1.82) is 5.26 Å². The zero-order valence-electron chi connectivity index (χ0n) is 24.6. The van der Waals surface area contributed by atoms with Crippen LogP contribution in [-0.2, 0) is 37.3 Å². The fourth-order valence-electron chi connectivity index (χ4n) is 4.89. The van der Waals surface area contributed by atoms with Gasteiger partial charge < -0.3 is 19.3 Å². The molecule has 0 aliphatic rings. The van der Waals surface area contributed by atoms with Gasteiger partial charge in [-0.2, -0.15) is 10.4 Å². The molecule has 2 heterocycles. The van der Waals surface area contributed by atoms with Crippen LogP contribution in [0, 0.1) is 23.0 Å². The highest BCUT2D eigenvalue weighted by atomic mass is 32.1. The summed E-state index contributed by atoms with van der Waals surface area (Å²) >= 11 is 1.27. The topological polar surface area (TPSA) is 170 Å². The Morgan fingerprint density at radius 1 is 1.15 bits per heavy atom. The Morgan fingerprint density at radius 3 is 2.60 bits per heavy atom. The van der Waals surface area contributed by atoms with E-state index in [0.29, 0.717) is 16.3 Å². The molecule has 2 aromatic heterocycles. The Balaban J connectivity index is 1.50. The van der Waals surface area contributed by atoms with Crippen LogP contribution in [0.3, 0.4) is 0 Å². The summed E-state index contributed by atoms with van der Waals surface area (Å²) in [6, 6.07) is 17.8. The summed E-state index contributed by atoms with van der Waals surface area (Å²) in [6.45, 7) is 0.275. The van der Waals surface area contributed by atoms with Gasteiger partial charge in [0.15, 0.2) is 6.79 Å². The largest absolute Gasteiger partial charge is 0.469 e. The Morgan fingerprint density at radius 2 is 1.91 bits per heavy atom. The molecule has 0 amide bonds. The second-order valence-electron chi connectivity index (χ2n) is 10.2. The smallest absolute Gasteiger partial charge is 0.435 e. The van der Waals surface area contributed by atoms with E-state index in [1.165, 1.54) is 52.9 Å². The van der Waals surface area contributed by atoms with Crippen LogP contribution in [0.5, 0.6) is 0 Å². The van der Waals surface area contributed by atoms with Gasteiger partial charge >= 0.3 is 13.8 Å². The van der Waals surface area contributed by atoms with Gasteiger partial charge in [-0.05, 0) is 29.8 Å². The summed E-state index contributed by atoms with van der Waals surface area (Å²) in [4.78, 5) is 40.1. The number of aromatic nitrogens is 4. The first-order valence-corrected chi connectivity index (χ1v) is 16.2. The maximum absolute atomic E-state index is 15.7. The molecule has 2 N–H and O–H groups in total. The van der Waals surface area contributed by atoms with Gasteiger partial charge in [-0.1, -0.05) is 43.3 Å². The van der Waals surface area contributed by atoms with Gasteiger partial charge in [0.2, 0.25) is 0 Å². The SMILES string of the molecule is C[C@@H](c1nc(-c2ccc(C#N)cc2)cs1)[C@@](Cn1cncn1)(OCOC(=O)c1ccccc1COP(=O)(O)O)c1ccc(F)cc1F. The molecule has 0 saturated carbocycles. The Kier molecular flexibility index (Phi) is 10.3. The number of esters is 1. The Hall–Kier alpha value is -4.68. The molecule has 0 fully saturated rings. The third-order valence-electron chi connectivity index (χ3n) is 7.28. The maximum Gasteiger partial charge on any atom is 0.469 e. The predicted molar refractivity (Wildman–Crippen MR) is 163 cm³/mol. The summed E-state index contributed by atoms with van der Waals surface area (Å²) in [6.07, 6.45) is 2.67. The minimum Gasteiger partial charge on any atom is -0.435 e. The lowest BCUT2D eigenvalue weighted by molar-refractivity contribution is -0.148. The molecule has 12 nitrogen and oxygen atoms in total. The molecule has 2 atom stereocenters. The number of halogens is 2. The number of phosphoric ester groups is 1. The van der Waals surface area contributed by atoms with Gasteiger partial charge in [0.1, 0.15) is 29.9 Å². The minimum absolute atomic E-state index is 0.0422. The van der Waals surface area contributed by atoms with Crippen LogP contribution in [0.25, 0.3) is 11.3 Å². The molecule has 5 rings (SSSR count). The van der Waals surface area contributed by atoms with E-state index in [1.54, 1.807) is 42.6 Å². The van der Waals surface area contributed by atoms with Crippen molar-refractivity contribution in [1.82, 2.24) is 19.7 Å². The van der Waals surface area contributed by atoms with Crippen LogP contribution in [0.2, 0.25) is 0 Å². The van der Waals surface area contributed by atoms with Crippen molar-refractivity contribution < 1.29 is 41.9 Å². The maximum atomic E-state index is 15.7. The van der Waals surface area contributed by atoms with Crippen LogP contribution in [-0.4, -0.2) is 42.3 Å². The highest BCUT2D eigenvalue weighted by Crippen LogP contribution is 2.44. The molecule has 0 saturated heterocycles. The molecule has 3 aromatic carbocycles. The third-order valence-corrected chi connectivity index (χ3v) is 8.78. The fourth-order valence-corrected chi connectivity index (χ4v) is 6.16. The molecule has 16 heteroatoms. The average Bonchev–Trinajstić information content (AvgIpc) is 3.76. The van der Waals surface area contributed by atoms with E-state index < -0.39 is 50.3 Å². The quantitative estimate of drug-likeness (QED) is 0.0889. The van der Waals surface area contributed by atoms with Crippen molar-refractivity contribution in [3.8, 4) is 17.3 Å². The Labute approximate surface area is 271 Å². The molecular weight excluding hydrogens is 655 g/mol. The van der Waals surface area contributed by atoms with Gasteiger partial charge in [-0.3, -0.25) is 4.52 Å². The number of phosphoric acid groups is 1. The highest BCUT2D eigenvalue weighted by Gasteiger charge is 2.45. The molecule has 47 heavy (non-hydrogen) atoms. The highest BCUT2D eigenvalue weighted by molar-refractivity contribution is 7.46. The minimum atomic E-state index is -4.83. The third kappa shape index (κ3) is 8.01. The number of ether oxygens (including phenoxy) is 2. The number of hydrogen-bond acceptors (Lipinski definition) is 10. The first-order valence-electron chi connectivity index (χ1n) is 13.8. The van der Waals surface area contributed by atoms with E-state index in [4.69, 9.17) is 29.5 Å². The summed E-state index contributed by atoms with van der Waals surface area (Å²) in [5, 5.41) is 15.6. The van der Waals surface area contributed by atoms with Crippen molar-refractivity contribution in [2.24, 2.45) is 0 Å². The lowest BCUT2D eigenvalue weighted by atomic mass is 9.81. The predicted octanol–water partition coefficient (Wildman–Crippen LogP) is 5.69. The normalized spacial score (nSPS) is 13.4. The first kappa shape index (κ1) is 33.7. The van der Waals surface area contributed by atoms with Crippen molar-refractivity contribution in [3.63, 3.8) is 0 Å². The van der Waals surface area contributed by atoms with E-state index in [9.17, 15) is 13.8 Å². The number of thiazole rings is 1. The number of benzene rings is 3. The second-order valence-corrected chi connectivity index (χ2v) is 12.3. The standard InChI is InChI=1S/C31H26F2N5O7PS/c1-20(29-37-28(15-47-29)22-8-6-21(13-34)7-9-22)31(16-38-18-35-17-36-38,26-11-10-24(32)12-27(26)33)44-19-43-30(39)25-5-3-2-4-23(25)14-45-46(40,41)42/h2-12,15,17-18,20H,14,16,19H2,1H3,(H2,40,41,42)/t20-,31+/m0/s1. The van der Waals surface area contributed by atoms with E-state index in [1.807, 2.05) is 0 Å². The number of nitriles is 1. The van der Waals surface area contributed by atoms with Crippen LogP contribution in [0.15, 0.2) is 84.8 Å². The van der Waals surface area contributed by atoms with E-state index >= 15 is 4.39 Å². The molecule has 0 unspecified atom stereocenters. The molecule has 0 aliphatic carbocycles. The summed E-state index contributed by atoms with van der Waals surface area (Å²) in [5.74, 6) is -3.40. The van der Waals surface area contributed by atoms with E-state index in [-0.39, 0.29) is 23.2 Å². The Bertz CT molecular complexity index is 1950. The van der Waals surface area contributed by atoms with Gasteiger partial charge in [0, 0.05) is 28.5 Å². The number of carbonyl (C=O) groups excluding carboxylic acids is 1. The molecule has 0 radical (unpaired) electrons. The lowest BCUT2D eigenvalue weighted by Gasteiger charge is -2.38. The number of nitrogens with zero attached hydrogens (tertiary/aromatic N) is 5. The van der Waals surface area contributed by atoms with Gasteiger partial charge in [0.25, 0.3) is 0 Å². The summed E-state index contributed by atoms with van der Waals surface area (Å²) in [7, 11) is -4.83. The fraction of sp³-hybridized carbons (Fsp3) is 0.194. The lowest BCUT2D eigenvalue weighted by Crippen LogP contribution is -2.42. The van der Waals surface area contributed by atoms with Crippen molar-refractivity contribution >= 4 is 25.1 Å². The van der Waals surface area contributed by atoms with Crippen molar-refractivity contribution in [3.05, 3.63) is 124 Å². The van der Waals surface area contributed by atoms with Gasteiger partial charge in [0.05, 0.1) is 41.0 Å². The molecule has 242 valence electrons. The number of rotatable bonds is 13. The molecule has 0 spiro atoms. The summed E-state index contributed by atoms with van der Waals surface area (Å²) in [5.41, 5.74) is 0.153. The zero-order valence-corrected chi connectivity index (χ0v) is 26.3. The monoisotopic (exact) mass is 681 g/mol. The van der Waals surface area contributed by atoms with E-state index in [2.05, 4.69) is 20.7 Å². The molecule has 0 aliphatic heterocycles. The number of carbonyl (C=O) groups is 1. The molecule has 5 aromatic rings. The van der Waals surface area contributed by atoms with Crippen LogP contribution in [0.1, 0.15) is 44.9 Å². The summed E-state index contributed by atoms with van der Waals surface area (Å²) < 4.78 is 58.7.